The number of morpholine rings is 1. The number of ether oxygens (including phenoxy) is 1. The van der Waals surface area contributed by atoms with Gasteiger partial charge in [-0.15, -0.1) is 0 Å². The van der Waals surface area contributed by atoms with Crippen LogP contribution in [0.1, 0.15) is 12.1 Å². The first-order valence-electron chi connectivity index (χ1n) is 9.43. The van der Waals surface area contributed by atoms with Gasteiger partial charge in [-0.25, -0.2) is 4.68 Å². The predicted octanol–water partition coefficient (Wildman–Crippen LogP) is 2.78. The number of H-pyrrole nitrogens is 1. The van der Waals surface area contributed by atoms with Crippen molar-refractivity contribution >= 4 is 22.6 Å². The molecule has 28 heavy (non-hydrogen) atoms. The summed E-state index contributed by atoms with van der Waals surface area (Å²) in [6.07, 6.45) is 0.903. The minimum Gasteiger partial charge on any atom is -0.503 e. The molecule has 1 fully saturated rings. The third kappa shape index (κ3) is 3.53. The van der Waals surface area contributed by atoms with E-state index >= 15 is 0 Å². The van der Waals surface area contributed by atoms with E-state index in [2.05, 4.69) is 15.0 Å². The SMILES string of the molecule is Cc1nn(CCCN2CCOCC2)c2[nH]c(-c3ccccc3Cl)c(O)c(=O)c12. The maximum absolute atomic E-state index is 12.8. The second kappa shape index (κ2) is 7.95. The molecule has 7 nitrogen and oxygen atoms in total. The van der Waals surface area contributed by atoms with Gasteiger partial charge in [0.05, 0.1) is 35.0 Å². The Kier molecular flexibility index (Phi) is 5.39. The highest BCUT2D eigenvalue weighted by Gasteiger charge is 2.20. The minimum atomic E-state index is -0.430. The summed E-state index contributed by atoms with van der Waals surface area (Å²) >= 11 is 6.28. The van der Waals surface area contributed by atoms with Crippen LogP contribution in [-0.2, 0) is 11.3 Å². The second-order valence-electron chi connectivity index (χ2n) is 7.00. The number of halogens is 1. The Morgan fingerprint density at radius 1 is 1.25 bits per heavy atom. The second-order valence-corrected chi connectivity index (χ2v) is 7.40. The number of benzene rings is 1. The summed E-state index contributed by atoms with van der Waals surface area (Å²) in [4.78, 5) is 18.4. The van der Waals surface area contributed by atoms with Gasteiger partial charge in [-0.3, -0.25) is 9.69 Å². The van der Waals surface area contributed by atoms with E-state index in [1.54, 1.807) is 25.1 Å². The number of pyridine rings is 1. The molecule has 4 rings (SSSR count). The van der Waals surface area contributed by atoms with Gasteiger partial charge < -0.3 is 14.8 Å². The summed E-state index contributed by atoms with van der Waals surface area (Å²) in [6.45, 7) is 6.84. The molecule has 8 heteroatoms. The fourth-order valence-corrected chi connectivity index (χ4v) is 3.91. The standard InChI is InChI=1S/C20H23ClN4O3/c1-13-16-18(26)19(27)17(14-5-2-3-6-15(14)21)22-20(16)25(23-13)8-4-7-24-9-11-28-12-10-24/h2-3,5-6,27H,4,7-12H2,1H3,(H,22,26). The monoisotopic (exact) mass is 402 g/mol. The molecule has 0 radical (unpaired) electrons. The lowest BCUT2D eigenvalue weighted by molar-refractivity contribution is 0.0368. The largest absolute Gasteiger partial charge is 0.503 e. The summed E-state index contributed by atoms with van der Waals surface area (Å²) in [5.74, 6) is -0.337. The molecule has 2 aromatic heterocycles. The molecular formula is C20H23ClN4O3. The summed E-state index contributed by atoms with van der Waals surface area (Å²) in [5.41, 5.74) is 1.68. The Hall–Kier alpha value is -2.35. The van der Waals surface area contributed by atoms with E-state index in [9.17, 15) is 9.90 Å². The molecule has 3 aromatic rings. The molecule has 1 aromatic carbocycles. The lowest BCUT2D eigenvalue weighted by Crippen LogP contribution is -2.37. The van der Waals surface area contributed by atoms with Crippen LogP contribution < -0.4 is 5.43 Å². The fraction of sp³-hybridized carbons (Fsp3) is 0.400. The number of rotatable bonds is 5. The van der Waals surface area contributed by atoms with Crippen molar-refractivity contribution in [3.63, 3.8) is 0 Å². The molecule has 1 aliphatic heterocycles. The normalized spacial score (nSPS) is 15.4. The Balaban J connectivity index is 1.68. The minimum absolute atomic E-state index is 0.317. The van der Waals surface area contributed by atoms with Gasteiger partial charge in [0.15, 0.2) is 5.75 Å². The van der Waals surface area contributed by atoms with Gasteiger partial charge in [0.1, 0.15) is 5.65 Å². The summed E-state index contributed by atoms with van der Waals surface area (Å²) in [7, 11) is 0. The number of aromatic amines is 1. The van der Waals surface area contributed by atoms with Crippen LogP contribution in [-0.4, -0.2) is 57.6 Å². The van der Waals surface area contributed by atoms with Crippen LogP contribution in [0.15, 0.2) is 29.1 Å². The molecule has 1 saturated heterocycles. The van der Waals surface area contributed by atoms with E-state index in [1.165, 1.54) is 0 Å². The average molecular weight is 403 g/mol. The average Bonchev–Trinajstić information content (AvgIpc) is 3.01. The number of aromatic nitrogens is 3. The Labute approximate surface area is 167 Å². The number of nitrogens with one attached hydrogen (secondary N) is 1. The van der Waals surface area contributed by atoms with Crippen LogP contribution in [0, 0.1) is 6.92 Å². The highest BCUT2D eigenvalue weighted by molar-refractivity contribution is 6.33. The van der Waals surface area contributed by atoms with Crippen molar-refractivity contribution in [1.82, 2.24) is 19.7 Å². The maximum atomic E-state index is 12.8. The van der Waals surface area contributed by atoms with E-state index < -0.39 is 5.43 Å². The molecule has 0 spiro atoms. The number of hydrogen-bond acceptors (Lipinski definition) is 5. The highest BCUT2D eigenvalue weighted by atomic mass is 35.5. The van der Waals surface area contributed by atoms with Gasteiger partial charge in [0, 0.05) is 31.7 Å². The Morgan fingerprint density at radius 3 is 2.75 bits per heavy atom. The van der Waals surface area contributed by atoms with Crippen LogP contribution >= 0.6 is 11.6 Å². The van der Waals surface area contributed by atoms with Crippen molar-refractivity contribution in [2.24, 2.45) is 0 Å². The molecular weight excluding hydrogens is 380 g/mol. The van der Waals surface area contributed by atoms with Crippen LogP contribution in [0.25, 0.3) is 22.3 Å². The molecule has 3 heterocycles. The van der Waals surface area contributed by atoms with E-state index in [4.69, 9.17) is 16.3 Å². The Morgan fingerprint density at radius 2 is 2.00 bits per heavy atom. The number of aryl methyl sites for hydroxylation is 2. The fourth-order valence-electron chi connectivity index (χ4n) is 3.68. The van der Waals surface area contributed by atoms with Gasteiger partial charge in [-0.2, -0.15) is 5.10 Å². The van der Waals surface area contributed by atoms with Crippen LogP contribution in [0.2, 0.25) is 5.02 Å². The molecule has 0 bridgehead atoms. The van der Waals surface area contributed by atoms with Gasteiger partial charge in [-0.05, 0) is 19.4 Å². The predicted molar refractivity (Wildman–Crippen MR) is 109 cm³/mol. The van der Waals surface area contributed by atoms with Crippen LogP contribution in [0.5, 0.6) is 5.75 Å². The number of hydrogen-bond donors (Lipinski definition) is 2. The summed E-state index contributed by atoms with van der Waals surface area (Å²) in [6, 6.07) is 7.11. The van der Waals surface area contributed by atoms with Crippen LogP contribution in [0.3, 0.4) is 0 Å². The first-order valence-corrected chi connectivity index (χ1v) is 9.81. The molecule has 1 aliphatic rings. The third-order valence-corrected chi connectivity index (χ3v) is 5.47. The van der Waals surface area contributed by atoms with Gasteiger partial charge >= 0.3 is 0 Å². The maximum Gasteiger partial charge on any atom is 0.235 e. The van der Waals surface area contributed by atoms with Crippen molar-refractivity contribution < 1.29 is 9.84 Å². The zero-order valence-electron chi connectivity index (χ0n) is 15.7. The summed E-state index contributed by atoms with van der Waals surface area (Å²) < 4.78 is 7.19. The van der Waals surface area contributed by atoms with Crippen molar-refractivity contribution in [2.45, 2.75) is 19.9 Å². The smallest absolute Gasteiger partial charge is 0.235 e. The first kappa shape index (κ1) is 19.0. The van der Waals surface area contributed by atoms with Crippen molar-refractivity contribution in [2.75, 3.05) is 32.8 Å². The van der Waals surface area contributed by atoms with Crippen molar-refractivity contribution in [1.29, 1.82) is 0 Å². The molecule has 0 unspecified atom stereocenters. The van der Waals surface area contributed by atoms with Gasteiger partial charge in [0.25, 0.3) is 0 Å². The van der Waals surface area contributed by atoms with E-state index in [0.717, 1.165) is 39.3 Å². The van der Waals surface area contributed by atoms with Crippen molar-refractivity contribution in [3.8, 4) is 17.0 Å². The topological polar surface area (TPSA) is 83.4 Å². The quantitative estimate of drug-likeness (QED) is 0.685. The van der Waals surface area contributed by atoms with E-state index in [-0.39, 0.29) is 5.75 Å². The molecule has 0 aliphatic carbocycles. The van der Waals surface area contributed by atoms with Gasteiger partial charge in [-0.1, -0.05) is 29.8 Å². The number of aromatic hydroxyl groups is 1. The number of nitrogens with zero attached hydrogens (tertiary/aromatic N) is 3. The van der Waals surface area contributed by atoms with E-state index in [0.29, 0.717) is 39.6 Å². The molecule has 2 N–H and O–H groups in total. The third-order valence-electron chi connectivity index (χ3n) is 5.14. The lowest BCUT2D eigenvalue weighted by Gasteiger charge is -2.26. The van der Waals surface area contributed by atoms with Gasteiger partial charge in [0.2, 0.25) is 5.43 Å². The zero-order valence-corrected chi connectivity index (χ0v) is 16.5. The lowest BCUT2D eigenvalue weighted by atomic mass is 10.1. The molecule has 0 atom stereocenters. The first-order chi connectivity index (χ1) is 13.6. The Bertz CT molecular complexity index is 1050. The molecule has 0 saturated carbocycles. The summed E-state index contributed by atoms with van der Waals surface area (Å²) in [5, 5.41) is 15.9. The van der Waals surface area contributed by atoms with Crippen molar-refractivity contribution in [3.05, 3.63) is 45.2 Å². The van der Waals surface area contributed by atoms with E-state index in [1.807, 2.05) is 10.7 Å². The number of fused-ring (bicyclic) bond motifs is 1. The zero-order chi connectivity index (χ0) is 19.7. The highest BCUT2D eigenvalue weighted by Crippen LogP contribution is 2.32. The molecule has 148 valence electrons. The molecule has 0 amide bonds. The van der Waals surface area contributed by atoms with Crippen LogP contribution in [0.4, 0.5) is 0 Å².